The number of nitrogens with zero attached hydrogens (tertiary/aromatic N) is 1. The maximum Gasteiger partial charge on any atom is 0.101 e. The summed E-state index contributed by atoms with van der Waals surface area (Å²) in [5.41, 5.74) is 4.29. The van der Waals surface area contributed by atoms with Crippen LogP contribution < -0.4 is 0 Å². The van der Waals surface area contributed by atoms with Crippen molar-refractivity contribution in [3.05, 3.63) is 61.8 Å². The highest BCUT2D eigenvalue weighted by atomic mass is 79.9. The Bertz CT molecular complexity index is 599. The summed E-state index contributed by atoms with van der Waals surface area (Å²) in [6, 6.07) is 8.15. The molecule has 0 aliphatic rings. The minimum Gasteiger partial charge on any atom is -0.386 e. The van der Waals surface area contributed by atoms with Crippen LogP contribution in [0.5, 0.6) is 0 Å². The van der Waals surface area contributed by atoms with Gasteiger partial charge in [-0.25, -0.2) is 0 Å². The number of benzene rings is 1. The van der Waals surface area contributed by atoms with Gasteiger partial charge in [-0.3, -0.25) is 4.98 Å². The molecule has 4 heteroatoms. The fourth-order valence-corrected chi connectivity index (χ4v) is 3.17. The van der Waals surface area contributed by atoms with E-state index in [9.17, 15) is 5.11 Å². The SMILES string of the molecule is Cc1ccc(CC(O)c2ncc(Br)cc2Br)cc1C. The predicted octanol–water partition coefficient (Wildman–Crippen LogP) is 4.50. The molecular weight excluding hydrogens is 370 g/mol. The molecule has 0 aliphatic heterocycles. The van der Waals surface area contributed by atoms with Gasteiger partial charge in [-0.1, -0.05) is 18.2 Å². The Morgan fingerprint density at radius 3 is 2.53 bits per heavy atom. The molecule has 0 spiro atoms. The van der Waals surface area contributed by atoms with E-state index >= 15 is 0 Å². The topological polar surface area (TPSA) is 33.1 Å². The van der Waals surface area contributed by atoms with Gasteiger partial charge in [-0.15, -0.1) is 0 Å². The maximum absolute atomic E-state index is 10.3. The molecule has 1 N–H and O–H groups in total. The van der Waals surface area contributed by atoms with Gasteiger partial charge in [-0.05, 0) is 68.5 Å². The predicted molar refractivity (Wildman–Crippen MR) is 84.2 cm³/mol. The largest absolute Gasteiger partial charge is 0.386 e. The molecule has 0 bridgehead atoms. The summed E-state index contributed by atoms with van der Waals surface area (Å²) in [4.78, 5) is 4.27. The van der Waals surface area contributed by atoms with Crippen molar-refractivity contribution in [2.45, 2.75) is 26.4 Å². The third-order valence-corrected chi connectivity index (χ3v) is 4.22. The van der Waals surface area contributed by atoms with E-state index in [0.29, 0.717) is 12.1 Å². The van der Waals surface area contributed by atoms with Crippen LogP contribution in [0.4, 0.5) is 0 Å². The lowest BCUT2D eigenvalue weighted by atomic mass is 10.0. The Morgan fingerprint density at radius 2 is 1.89 bits per heavy atom. The zero-order valence-electron chi connectivity index (χ0n) is 10.8. The molecule has 1 unspecified atom stereocenters. The van der Waals surface area contributed by atoms with E-state index in [1.807, 2.05) is 6.07 Å². The standard InChI is InChI=1S/C15H15Br2NO/c1-9-3-4-11(5-10(9)2)6-14(19)15-13(17)7-12(16)8-18-15/h3-5,7-8,14,19H,6H2,1-2H3. The third kappa shape index (κ3) is 3.65. The first-order valence-electron chi connectivity index (χ1n) is 6.02. The number of aliphatic hydroxyl groups excluding tert-OH is 1. The molecule has 2 aromatic rings. The van der Waals surface area contributed by atoms with E-state index in [1.165, 1.54) is 11.1 Å². The molecule has 1 heterocycles. The van der Waals surface area contributed by atoms with Gasteiger partial charge in [0.1, 0.15) is 6.10 Å². The Kier molecular flexibility index (Phi) is 4.76. The van der Waals surface area contributed by atoms with E-state index in [1.54, 1.807) is 6.20 Å². The van der Waals surface area contributed by atoms with Crippen molar-refractivity contribution in [1.82, 2.24) is 4.98 Å². The lowest BCUT2D eigenvalue weighted by Crippen LogP contribution is -2.05. The van der Waals surface area contributed by atoms with Crippen LogP contribution in [0.15, 0.2) is 39.4 Å². The van der Waals surface area contributed by atoms with Crippen molar-refractivity contribution in [2.24, 2.45) is 0 Å². The van der Waals surface area contributed by atoms with E-state index in [2.05, 4.69) is 68.9 Å². The lowest BCUT2D eigenvalue weighted by molar-refractivity contribution is 0.172. The Morgan fingerprint density at radius 1 is 1.16 bits per heavy atom. The second-order valence-electron chi connectivity index (χ2n) is 4.66. The van der Waals surface area contributed by atoms with Gasteiger partial charge in [0, 0.05) is 21.6 Å². The second kappa shape index (κ2) is 6.16. The molecule has 1 atom stereocenters. The van der Waals surface area contributed by atoms with Gasteiger partial charge in [0.25, 0.3) is 0 Å². The van der Waals surface area contributed by atoms with Crippen LogP contribution in [0.2, 0.25) is 0 Å². The highest BCUT2D eigenvalue weighted by Crippen LogP contribution is 2.27. The fourth-order valence-electron chi connectivity index (χ4n) is 1.92. The van der Waals surface area contributed by atoms with Crippen molar-refractivity contribution in [2.75, 3.05) is 0 Å². The van der Waals surface area contributed by atoms with E-state index < -0.39 is 6.10 Å². The summed E-state index contributed by atoms with van der Waals surface area (Å²) in [5, 5.41) is 10.3. The number of rotatable bonds is 3. The van der Waals surface area contributed by atoms with Crippen molar-refractivity contribution in [1.29, 1.82) is 0 Å². The molecule has 0 amide bonds. The smallest absolute Gasteiger partial charge is 0.101 e. The summed E-state index contributed by atoms with van der Waals surface area (Å²) in [7, 11) is 0. The van der Waals surface area contributed by atoms with E-state index in [0.717, 1.165) is 14.5 Å². The first-order valence-corrected chi connectivity index (χ1v) is 7.61. The van der Waals surface area contributed by atoms with Gasteiger partial charge in [-0.2, -0.15) is 0 Å². The molecule has 0 saturated heterocycles. The van der Waals surface area contributed by atoms with E-state index in [4.69, 9.17) is 0 Å². The lowest BCUT2D eigenvalue weighted by Gasteiger charge is -2.13. The van der Waals surface area contributed by atoms with Gasteiger partial charge < -0.3 is 5.11 Å². The fraction of sp³-hybridized carbons (Fsp3) is 0.267. The summed E-state index contributed by atoms with van der Waals surface area (Å²) in [6.45, 7) is 4.17. The maximum atomic E-state index is 10.3. The van der Waals surface area contributed by atoms with Crippen LogP contribution >= 0.6 is 31.9 Å². The number of hydrogen-bond donors (Lipinski definition) is 1. The number of aromatic nitrogens is 1. The highest BCUT2D eigenvalue weighted by molar-refractivity contribution is 9.11. The summed E-state index contributed by atoms with van der Waals surface area (Å²) >= 11 is 6.79. The molecular formula is C15H15Br2NO. The van der Waals surface area contributed by atoms with Crippen LogP contribution in [0.1, 0.15) is 28.5 Å². The highest BCUT2D eigenvalue weighted by Gasteiger charge is 2.14. The normalized spacial score (nSPS) is 12.5. The molecule has 0 aliphatic carbocycles. The van der Waals surface area contributed by atoms with Gasteiger partial charge >= 0.3 is 0 Å². The zero-order chi connectivity index (χ0) is 14.0. The molecule has 2 nitrogen and oxygen atoms in total. The minimum atomic E-state index is -0.607. The summed E-state index contributed by atoms with van der Waals surface area (Å²) in [6.07, 6.45) is 1.66. The van der Waals surface area contributed by atoms with Crippen molar-refractivity contribution in [3.8, 4) is 0 Å². The first-order chi connectivity index (χ1) is 8.97. The molecule has 2 rings (SSSR count). The summed E-state index contributed by atoms with van der Waals surface area (Å²) < 4.78 is 1.71. The third-order valence-electron chi connectivity index (χ3n) is 3.15. The van der Waals surface area contributed by atoms with Crippen molar-refractivity contribution < 1.29 is 5.11 Å². The zero-order valence-corrected chi connectivity index (χ0v) is 14.0. The van der Waals surface area contributed by atoms with Crippen molar-refractivity contribution in [3.63, 3.8) is 0 Å². The van der Waals surface area contributed by atoms with Crippen LogP contribution in [-0.2, 0) is 6.42 Å². The number of hydrogen-bond acceptors (Lipinski definition) is 2. The molecule has 100 valence electrons. The van der Waals surface area contributed by atoms with Gasteiger partial charge in [0.2, 0.25) is 0 Å². The Labute approximate surface area is 130 Å². The molecule has 19 heavy (non-hydrogen) atoms. The van der Waals surface area contributed by atoms with E-state index in [-0.39, 0.29) is 0 Å². The monoisotopic (exact) mass is 383 g/mol. The number of halogens is 2. The van der Waals surface area contributed by atoms with Gasteiger partial charge in [0.05, 0.1) is 5.69 Å². The minimum absolute atomic E-state index is 0.564. The number of aryl methyl sites for hydroxylation is 2. The molecule has 1 aromatic heterocycles. The van der Waals surface area contributed by atoms with Crippen LogP contribution in [0, 0.1) is 13.8 Å². The molecule has 1 aromatic carbocycles. The van der Waals surface area contributed by atoms with Crippen LogP contribution in [0.3, 0.4) is 0 Å². The number of aliphatic hydroxyl groups is 1. The van der Waals surface area contributed by atoms with Crippen LogP contribution in [-0.4, -0.2) is 10.1 Å². The van der Waals surface area contributed by atoms with Crippen LogP contribution in [0.25, 0.3) is 0 Å². The van der Waals surface area contributed by atoms with Gasteiger partial charge in [0.15, 0.2) is 0 Å². The average Bonchev–Trinajstić information content (AvgIpc) is 2.33. The quantitative estimate of drug-likeness (QED) is 0.844. The molecule has 0 radical (unpaired) electrons. The first kappa shape index (κ1) is 14.7. The Balaban J connectivity index is 2.20. The number of pyridine rings is 1. The molecule has 0 fully saturated rings. The molecule has 0 saturated carbocycles. The second-order valence-corrected chi connectivity index (χ2v) is 6.43. The van der Waals surface area contributed by atoms with Crippen molar-refractivity contribution >= 4 is 31.9 Å². The summed E-state index contributed by atoms with van der Waals surface area (Å²) in [5.74, 6) is 0. The average molecular weight is 385 g/mol. The Hall–Kier alpha value is -0.710.